The Labute approximate surface area is 129 Å². The van der Waals surface area contributed by atoms with Crippen LogP contribution in [-0.2, 0) is 10.2 Å². The molecule has 1 aromatic carbocycles. The van der Waals surface area contributed by atoms with Gasteiger partial charge in [-0.1, -0.05) is 45.0 Å². The molecular formula is C18H30N2O. The minimum atomic E-state index is 0.104. The van der Waals surface area contributed by atoms with Crippen LogP contribution >= 0.6 is 0 Å². The zero-order valence-corrected chi connectivity index (χ0v) is 14.3. The summed E-state index contributed by atoms with van der Waals surface area (Å²) in [6, 6.07) is 9.20. The highest BCUT2D eigenvalue weighted by atomic mass is 16.1. The molecule has 1 aromatic rings. The molecule has 0 aliphatic carbocycles. The summed E-state index contributed by atoms with van der Waals surface area (Å²) < 4.78 is 0. The third kappa shape index (κ3) is 6.30. The third-order valence-corrected chi connectivity index (χ3v) is 3.53. The van der Waals surface area contributed by atoms with Crippen molar-refractivity contribution >= 4 is 5.91 Å². The van der Waals surface area contributed by atoms with Gasteiger partial charge in [0, 0.05) is 25.0 Å². The van der Waals surface area contributed by atoms with Crippen molar-refractivity contribution in [2.45, 2.75) is 65.5 Å². The molecule has 3 heteroatoms. The van der Waals surface area contributed by atoms with Crippen LogP contribution in [0.3, 0.4) is 0 Å². The standard InChI is InChI=1S/C18H30N2O/c1-13(2)20-17(21)11-12-19-14(3)15-7-9-16(10-8-15)18(4,5)6/h7-10,13-14,19H,11-12H2,1-6H3,(H,20,21). The van der Waals surface area contributed by atoms with E-state index < -0.39 is 0 Å². The highest BCUT2D eigenvalue weighted by Gasteiger charge is 2.14. The molecule has 21 heavy (non-hydrogen) atoms. The van der Waals surface area contributed by atoms with Gasteiger partial charge >= 0.3 is 0 Å². The first kappa shape index (κ1) is 17.7. The number of rotatable bonds is 6. The van der Waals surface area contributed by atoms with Crippen LogP contribution in [0, 0.1) is 0 Å². The predicted octanol–water partition coefficient (Wildman–Crippen LogP) is 3.55. The van der Waals surface area contributed by atoms with E-state index in [4.69, 9.17) is 0 Å². The van der Waals surface area contributed by atoms with Crippen LogP contribution in [0.5, 0.6) is 0 Å². The number of hydrogen-bond acceptors (Lipinski definition) is 2. The number of amides is 1. The molecule has 0 spiro atoms. The summed E-state index contributed by atoms with van der Waals surface area (Å²) in [5.41, 5.74) is 2.78. The topological polar surface area (TPSA) is 41.1 Å². The fraction of sp³-hybridized carbons (Fsp3) is 0.611. The molecule has 0 saturated heterocycles. The van der Waals surface area contributed by atoms with Gasteiger partial charge in [0.1, 0.15) is 0 Å². The summed E-state index contributed by atoms with van der Waals surface area (Å²) in [5, 5.41) is 6.30. The Morgan fingerprint density at radius 3 is 2.14 bits per heavy atom. The molecule has 0 aliphatic heterocycles. The van der Waals surface area contributed by atoms with Gasteiger partial charge in [0.05, 0.1) is 0 Å². The number of carbonyl (C=O) groups is 1. The van der Waals surface area contributed by atoms with Crippen LogP contribution in [0.1, 0.15) is 65.1 Å². The van der Waals surface area contributed by atoms with Gasteiger partial charge < -0.3 is 10.6 Å². The van der Waals surface area contributed by atoms with E-state index in [1.54, 1.807) is 0 Å². The normalized spacial score (nSPS) is 13.3. The summed E-state index contributed by atoms with van der Waals surface area (Å²) in [4.78, 5) is 11.6. The largest absolute Gasteiger partial charge is 0.354 e. The van der Waals surface area contributed by atoms with Crippen molar-refractivity contribution in [2.24, 2.45) is 0 Å². The first-order valence-electron chi connectivity index (χ1n) is 7.83. The molecule has 2 N–H and O–H groups in total. The van der Waals surface area contributed by atoms with E-state index in [1.165, 1.54) is 11.1 Å². The summed E-state index contributed by atoms with van der Waals surface area (Å²) >= 11 is 0. The van der Waals surface area contributed by atoms with Crippen LogP contribution in [0.15, 0.2) is 24.3 Å². The monoisotopic (exact) mass is 290 g/mol. The minimum Gasteiger partial charge on any atom is -0.354 e. The van der Waals surface area contributed by atoms with Gasteiger partial charge in [0.2, 0.25) is 5.91 Å². The second kappa shape index (κ2) is 7.60. The van der Waals surface area contributed by atoms with E-state index in [0.717, 1.165) is 0 Å². The van der Waals surface area contributed by atoms with E-state index >= 15 is 0 Å². The molecule has 0 saturated carbocycles. The molecule has 118 valence electrons. The van der Waals surface area contributed by atoms with Crippen molar-refractivity contribution < 1.29 is 4.79 Å². The molecular weight excluding hydrogens is 260 g/mol. The van der Waals surface area contributed by atoms with E-state index in [2.05, 4.69) is 62.6 Å². The Hall–Kier alpha value is -1.35. The summed E-state index contributed by atoms with van der Waals surface area (Å²) in [5.74, 6) is 0.104. The predicted molar refractivity (Wildman–Crippen MR) is 89.5 cm³/mol. The van der Waals surface area contributed by atoms with E-state index in [9.17, 15) is 4.79 Å². The lowest BCUT2D eigenvalue weighted by Crippen LogP contribution is -2.33. The summed E-state index contributed by atoms with van der Waals surface area (Å²) in [6.07, 6.45) is 0.516. The molecule has 0 fully saturated rings. The van der Waals surface area contributed by atoms with Gasteiger partial charge in [-0.05, 0) is 37.3 Å². The highest BCUT2D eigenvalue weighted by Crippen LogP contribution is 2.23. The lowest BCUT2D eigenvalue weighted by atomic mass is 9.86. The fourth-order valence-corrected chi connectivity index (χ4v) is 2.19. The van der Waals surface area contributed by atoms with Gasteiger partial charge in [-0.25, -0.2) is 0 Å². The fourth-order valence-electron chi connectivity index (χ4n) is 2.19. The molecule has 1 atom stereocenters. The van der Waals surface area contributed by atoms with Crippen molar-refractivity contribution in [1.29, 1.82) is 0 Å². The highest BCUT2D eigenvalue weighted by molar-refractivity contribution is 5.76. The quantitative estimate of drug-likeness (QED) is 0.841. The number of benzene rings is 1. The summed E-state index contributed by atoms with van der Waals surface area (Å²) in [7, 11) is 0. The zero-order valence-electron chi connectivity index (χ0n) is 14.3. The molecule has 0 bridgehead atoms. The smallest absolute Gasteiger partial charge is 0.221 e. The molecule has 3 nitrogen and oxygen atoms in total. The van der Waals surface area contributed by atoms with Crippen molar-refractivity contribution in [3.8, 4) is 0 Å². The van der Waals surface area contributed by atoms with Crippen molar-refractivity contribution in [3.05, 3.63) is 35.4 Å². The van der Waals surface area contributed by atoms with E-state index in [0.29, 0.717) is 13.0 Å². The van der Waals surface area contributed by atoms with Gasteiger partial charge in [-0.2, -0.15) is 0 Å². The van der Waals surface area contributed by atoms with Crippen LogP contribution < -0.4 is 10.6 Å². The first-order chi connectivity index (χ1) is 9.70. The lowest BCUT2D eigenvalue weighted by Gasteiger charge is -2.20. The summed E-state index contributed by atoms with van der Waals surface area (Å²) in [6.45, 7) is 13.4. The maximum Gasteiger partial charge on any atom is 0.221 e. The zero-order chi connectivity index (χ0) is 16.0. The first-order valence-corrected chi connectivity index (χ1v) is 7.83. The molecule has 0 radical (unpaired) electrons. The molecule has 1 unspecified atom stereocenters. The minimum absolute atomic E-state index is 0.104. The molecule has 0 aliphatic rings. The second-order valence-corrected chi connectivity index (χ2v) is 7.02. The SMILES string of the molecule is CC(C)NC(=O)CCNC(C)c1ccc(C(C)(C)C)cc1. The molecule has 0 heterocycles. The Morgan fingerprint density at radius 1 is 1.10 bits per heavy atom. The van der Waals surface area contributed by atoms with Gasteiger partial charge in [0.15, 0.2) is 0 Å². The van der Waals surface area contributed by atoms with Crippen molar-refractivity contribution in [3.63, 3.8) is 0 Å². The van der Waals surface area contributed by atoms with Gasteiger partial charge in [-0.15, -0.1) is 0 Å². The van der Waals surface area contributed by atoms with Crippen molar-refractivity contribution in [2.75, 3.05) is 6.54 Å². The number of nitrogens with one attached hydrogen (secondary N) is 2. The van der Waals surface area contributed by atoms with Crippen LogP contribution in [0.2, 0.25) is 0 Å². The Bertz CT molecular complexity index is 443. The Morgan fingerprint density at radius 2 is 1.67 bits per heavy atom. The molecule has 0 aromatic heterocycles. The average Bonchev–Trinajstić information content (AvgIpc) is 2.36. The molecule has 1 amide bonds. The Kier molecular flexibility index (Phi) is 6.41. The lowest BCUT2D eigenvalue weighted by molar-refractivity contribution is -0.121. The maximum atomic E-state index is 11.6. The number of carbonyl (C=O) groups excluding carboxylic acids is 1. The average molecular weight is 290 g/mol. The van der Waals surface area contributed by atoms with Gasteiger partial charge in [-0.3, -0.25) is 4.79 Å². The van der Waals surface area contributed by atoms with E-state index in [-0.39, 0.29) is 23.4 Å². The van der Waals surface area contributed by atoms with Gasteiger partial charge in [0.25, 0.3) is 0 Å². The maximum absolute atomic E-state index is 11.6. The number of hydrogen-bond donors (Lipinski definition) is 2. The Balaban J connectivity index is 2.45. The van der Waals surface area contributed by atoms with Crippen molar-refractivity contribution in [1.82, 2.24) is 10.6 Å². The van der Waals surface area contributed by atoms with Crippen LogP contribution in [0.25, 0.3) is 0 Å². The molecule has 1 rings (SSSR count). The third-order valence-electron chi connectivity index (χ3n) is 3.53. The second-order valence-electron chi connectivity index (χ2n) is 7.02. The van der Waals surface area contributed by atoms with E-state index in [1.807, 2.05) is 13.8 Å². The van der Waals surface area contributed by atoms with Crippen LogP contribution in [-0.4, -0.2) is 18.5 Å². The van der Waals surface area contributed by atoms with Crippen LogP contribution in [0.4, 0.5) is 0 Å².